The Labute approximate surface area is 171 Å². The Kier molecular flexibility index (Phi) is 6.27. The lowest BCUT2D eigenvalue weighted by molar-refractivity contribution is -0.133. The summed E-state index contributed by atoms with van der Waals surface area (Å²) in [6.07, 6.45) is 4.46. The molecule has 2 amide bonds. The predicted octanol–water partition coefficient (Wildman–Crippen LogP) is 1.48. The number of morpholine rings is 1. The minimum atomic E-state index is 0.0272. The largest absolute Gasteiger partial charge is 0.379 e. The minimum absolute atomic E-state index is 0.0272. The number of carbonyl (C=O) groups excluding carboxylic acids is 2. The Hall–Kier alpha value is -2.64. The summed E-state index contributed by atoms with van der Waals surface area (Å²) in [4.78, 5) is 31.5. The maximum atomic E-state index is 12.9. The van der Waals surface area contributed by atoms with E-state index in [-0.39, 0.29) is 11.8 Å². The molecule has 2 aromatic rings. The van der Waals surface area contributed by atoms with Crippen molar-refractivity contribution in [2.24, 2.45) is 0 Å². The first-order valence-corrected chi connectivity index (χ1v) is 10.3. The third kappa shape index (κ3) is 4.86. The maximum Gasteiger partial charge on any atom is 0.254 e. The Balaban J connectivity index is 1.28. The molecule has 1 aromatic heterocycles. The lowest BCUT2D eigenvalue weighted by atomic mass is 10.1. The summed E-state index contributed by atoms with van der Waals surface area (Å²) in [6, 6.07) is 11.6. The number of benzene rings is 1. The van der Waals surface area contributed by atoms with Gasteiger partial charge in [-0.1, -0.05) is 6.07 Å². The Bertz CT molecular complexity index is 822. The van der Waals surface area contributed by atoms with Crippen LogP contribution in [0.25, 0.3) is 5.69 Å². The molecule has 29 heavy (non-hydrogen) atoms. The number of piperazine rings is 1. The third-order valence-electron chi connectivity index (χ3n) is 5.66. The summed E-state index contributed by atoms with van der Waals surface area (Å²) in [5, 5.41) is 0. The van der Waals surface area contributed by atoms with E-state index in [1.54, 1.807) is 0 Å². The van der Waals surface area contributed by atoms with Crippen LogP contribution in [0, 0.1) is 0 Å². The van der Waals surface area contributed by atoms with Gasteiger partial charge >= 0.3 is 0 Å². The molecule has 0 atom stereocenters. The first-order chi connectivity index (χ1) is 14.2. The molecular formula is C22H28N4O3. The van der Waals surface area contributed by atoms with Crippen molar-refractivity contribution in [3.8, 4) is 5.69 Å². The normalized spacial score (nSPS) is 18.1. The Morgan fingerprint density at radius 2 is 1.55 bits per heavy atom. The fourth-order valence-electron chi connectivity index (χ4n) is 3.88. The molecule has 4 rings (SSSR count). The fraction of sp³-hybridized carbons (Fsp3) is 0.455. The molecule has 3 heterocycles. The van der Waals surface area contributed by atoms with Crippen LogP contribution < -0.4 is 0 Å². The van der Waals surface area contributed by atoms with Crippen LogP contribution in [0.2, 0.25) is 0 Å². The van der Waals surface area contributed by atoms with Gasteiger partial charge in [0, 0.05) is 75.9 Å². The lowest BCUT2D eigenvalue weighted by Gasteiger charge is -2.35. The van der Waals surface area contributed by atoms with Crippen LogP contribution in [0.4, 0.5) is 0 Å². The zero-order valence-corrected chi connectivity index (χ0v) is 16.7. The van der Waals surface area contributed by atoms with Gasteiger partial charge in [-0.15, -0.1) is 0 Å². The van der Waals surface area contributed by atoms with E-state index in [0.29, 0.717) is 38.2 Å². The molecule has 7 heteroatoms. The molecule has 2 saturated heterocycles. The average molecular weight is 396 g/mol. The van der Waals surface area contributed by atoms with Crippen molar-refractivity contribution < 1.29 is 14.3 Å². The van der Waals surface area contributed by atoms with Crippen molar-refractivity contribution in [3.63, 3.8) is 0 Å². The van der Waals surface area contributed by atoms with E-state index in [0.717, 1.165) is 38.5 Å². The summed E-state index contributed by atoms with van der Waals surface area (Å²) in [5.41, 5.74) is 1.65. The molecule has 0 aliphatic carbocycles. The van der Waals surface area contributed by atoms with Crippen molar-refractivity contribution in [3.05, 3.63) is 54.4 Å². The first kappa shape index (κ1) is 19.7. The van der Waals surface area contributed by atoms with Crippen molar-refractivity contribution in [1.82, 2.24) is 19.3 Å². The molecule has 2 fully saturated rings. The molecule has 0 spiro atoms. The average Bonchev–Trinajstić information content (AvgIpc) is 3.33. The van der Waals surface area contributed by atoms with Crippen LogP contribution in [0.5, 0.6) is 0 Å². The van der Waals surface area contributed by atoms with Gasteiger partial charge in [0.15, 0.2) is 0 Å². The van der Waals surface area contributed by atoms with E-state index < -0.39 is 0 Å². The predicted molar refractivity (Wildman–Crippen MR) is 110 cm³/mol. The highest BCUT2D eigenvalue weighted by Crippen LogP contribution is 2.15. The van der Waals surface area contributed by atoms with Gasteiger partial charge in [-0.25, -0.2) is 0 Å². The van der Waals surface area contributed by atoms with Gasteiger partial charge in [0.2, 0.25) is 5.91 Å². The molecule has 154 valence electrons. The Morgan fingerprint density at radius 1 is 0.862 bits per heavy atom. The highest BCUT2D eigenvalue weighted by atomic mass is 16.5. The number of aromatic nitrogens is 1. The van der Waals surface area contributed by atoms with E-state index in [2.05, 4.69) is 4.90 Å². The summed E-state index contributed by atoms with van der Waals surface area (Å²) >= 11 is 0. The van der Waals surface area contributed by atoms with Crippen LogP contribution in [0.1, 0.15) is 16.8 Å². The molecule has 0 radical (unpaired) electrons. The first-order valence-electron chi connectivity index (χ1n) is 10.3. The molecule has 0 N–H and O–H groups in total. The summed E-state index contributed by atoms with van der Waals surface area (Å²) in [6.45, 7) is 6.45. The standard InChI is InChI=1S/C22H28N4O3/c27-21(6-9-23-14-16-29-17-15-23)25-10-12-26(13-11-25)22(28)19-4-3-5-20(18-19)24-7-1-2-8-24/h1-5,7-8,18H,6,9-17H2. The van der Waals surface area contributed by atoms with Crippen LogP contribution in [-0.2, 0) is 9.53 Å². The van der Waals surface area contributed by atoms with Crippen molar-refractivity contribution in [2.75, 3.05) is 59.0 Å². The van der Waals surface area contributed by atoms with Crippen LogP contribution in [0.3, 0.4) is 0 Å². The van der Waals surface area contributed by atoms with Crippen LogP contribution >= 0.6 is 0 Å². The van der Waals surface area contributed by atoms with E-state index in [1.807, 2.05) is 63.2 Å². The second kappa shape index (κ2) is 9.24. The molecule has 2 aliphatic heterocycles. The van der Waals surface area contributed by atoms with Crippen LogP contribution in [0.15, 0.2) is 48.8 Å². The molecule has 0 saturated carbocycles. The van der Waals surface area contributed by atoms with E-state index >= 15 is 0 Å². The summed E-state index contributed by atoms with van der Waals surface area (Å²) in [5.74, 6) is 0.206. The summed E-state index contributed by atoms with van der Waals surface area (Å²) < 4.78 is 7.33. The van der Waals surface area contributed by atoms with E-state index in [4.69, 9.17) is 4.74 Å². The van der Waals surface area contributed by atoms with Gasteiger partial charge in [0.25, 0.3) is 5.91 Å². The van der Waals surface area contributed by atoms with Gasteiger partial charge in [0.1, 0.15) is 0 Å². The van der Waals surface area contributed by atoms with E-state index in [1.165, 1.54) is 0 Å². The number of hydrogen-bond donors (Lipinski definition) is 0. The second-order valence-electron chi connectivity index (χ2n) is 7.52. The van der Waals surface area contributed by atoms with Gasteiger partial charge in [-0.3, -0.25) is 14.5 Å². The number of nitrogens with zero attached hydrogens (tertiary/aromatic N) is 4. The maximum absolute atomic E-state index is 12.9. The van der Waals surface area contributed by atoms with E-state index in [9.17, 15) is 9.59 Å². The van der Waals surface area contributed by atoms with Gasteiger partial charge in [-0.2, -0.15) is 0 Å². The highest BCUT2D eigenvalue weighted by molar-refractivity contribution is 5.95. The molecule has 1 aromatic carbocycles. The van der Waals surface area contributed by atoms with Crippen LogP contribution in [-0.4, -0.2) is 90.1 Å². The monoisotopic (exact) mass is 396 g/mol. The molecule has 0 unspecified atom stereocenters. The third-order valence-corrected chi connectivity index (χ3v) is 5.66. The topological polar surface area (TPSA) is 58.0 Å². The number of carbonyl (C=O) groups is 2. The van der Waals surface area contributed by atoms with Gasteiger partial charge in [0.05, 0.1) is 13.2 Å². The number of hydrogen-bond acceptors (Lipinski definition) is 4. The molecule has 0 bridgehead atoms. The number of rotatable bonds is 5. The second-order valence-corrected chi connectivity index (χ2v) is 7.52. The number of amides is 2. The fourth-order valence-corrected chi connectivity index (χ4v) is 3.88. The van der Waals surface area contributed by atoms with Crippen molar-refractivity contribution in [1.29, 1.82) is 0 Å². The minimum Gasteiger partial charge on any atom is -0.379 e. The zero-order chi connectivity index (χ0) is 20.1. The highest BCUT2D eigenvalue weighted by Gasteiger charge is 2.25. The van der Waals surface area contributed by atoms with Crippen molar-refractivity contribution in [2.45, 2.75) is 6.42 Å². The van der Waals surface area contributed by atoms with Gasteiger partial charge < -0.3 is 19.1 Å². The van der Waals surface area contributed by atoms with Crippen molar-refractivity contribution >= 4 is 11.8 Å². The summed E-state index contributed by atoms with van der Waals surface area (Å²) in [7, 11) is 0. The molecular weight excluding hydrogens is 368 g/mol. The Morgan fingerprint density at radius 3 is 2.28 bits per heavy atom. The van der Waals surface area contributed by atoms with Gasteiger partial charge in [-0.05, 0) is 30.3 Å². The quantitative estimate of drug-likeness (QED) is 0.768. The number of ether oxygens (including phenoxy) is 1. The smallest absolute Gasteiger partial charge is 0.254 e. The zero-order valence-electron chi connectivity index (χ0n) is 16.7. The SMILES string of the molecule is O=C(CCN1CCOCC1)N1CCN(C(=O)c2cccc(-n3cccc3)c2)CC1. The molecule has 2 aliphatic rings. The lowest BCUT2D eigenvalue weighted by Crippen LogP contribution is -2.51. The molecule has 7 nitrogen and oxygen atoms in total.